The number of aryl methyl sites for hydroxylation is 2. The first-order valence-corrected chi connectivity index (χ1v) is 5.43. The van der Waals surface area contributed by atoms with Crippen LogP contribution in [-0.2, 0) is 7.05 Å². The number of hydrazine groups is 1. The molecule has 0 fully saturated rings. The Morgan fingerprint density at radius 1 is 1.39 bits per heavy atom. The number of imidazole rings is 1. The van der Waals surface area contributed by atoms with Crippen LogP contribution >= 0.6 is 0 Å². The zero-order valence-electron chi connectivity index (χ0n) is 10.1. The van der Waals surface area contributed by atoms with Crippen molar-refractivity contribution in [2.45, 2.75) is 13.0 Å². The molecule has 0 radical (unpaired) electrons. The number of nitrogens with two attached hydrogens (primary N) is 1. The highest BCUT2D eigenvalue weighted by Crippen LogP contribution is 2.26. The molecule has 1 heterocycles. The van der Waals surface area contributed by atoms with Crippen molar-refractivity contribution >= 4 is 0 Å². The van der Waals surface area contributed by atoms with Crippen LogP contribution in [0.2, 0.25) is 0 Å². The smallest absolute Gasteiger partial charge is 0.134 e. The number of rotatable bonds is 3. The number of halogens is 2. The molecule has 0 spiro atoms. The van der Waals surface area contributed by atoms with Gasteiger partial charge in [0.1, 0.15) is 11.6 Å². The highest BCUT2D eigenvalue weighted by Gasteiger charge is 2.23. The van der Waals surface area contributed by atoms with Crippen molar-refractivity contribution in [1.29, 1.82) is 0 Å². The highest BCUT2D eigenvalue weighted by molar-refractivity contribution is 5.33. The maximum atomic E-state index is 14.0. The molecule has 96 valence electrons. The molecule has 2 aromatic rings. The Hall–Kier alpha value is -1.79. The Labute approximate surface area is 103 Å². The largest absolute Gasteiger partial charge is 0.340 e. The fraction of sp³-hybridized carbons (Fsp3) is 0.250. The summed E-state index contributed by atoms with van der Waals surface area (Å²) in [5.41, 5.74) is 3.11. The van der Waals surface area contributed by atoms with Gasteiger partial charge in [-0.3, -0.25) is 5.84 Å². The number of hydrogen-bond acceptors (Lipinski definition) is 3. The third-order valence-corrected chi connectivity index (χ3v) is 2.80. The van der Waals surface area contributed by atoms with Crippen molar-refractivity contribution < 1.29 is 8.78 Å². The summed E-state index contributed by atoms with van der Waals surface area (Å²) in [7, 11) is 1.77. The third kappa shape index (κ3) is 2.12. The topological polar surface area (TPSA) is 55.9 Å². The van der Waals surface area contributed by atoms with Crippen molar-refractivity contribution in [1.82, 2.24) is 15.0 Å². The van der Waals surface area contributed by atoms with E-state index in [0.717, 1.165) is 0 Å². The maximum Gasteiger partial charge on any atom is 0.134 e. The van der Waals surface area contributed by atoms with E-state index in [1.165, 1.54) is 12.1 Å². The van der Waals surface area contributed by atoms with Crippen molar-refractivity contribution in [3.63, 3.8) is 0 Å². The van der Waals surface area contributed by atoms with Crippen LogP contribution in [0.5, 0.6) is 0 Å². The second-order valence-corrected chi connectivity index (χ2v) is 4.16. The molecule has 6 heteroatoms. The van der Waals surface area contributed by atoms with Crippen LogP contribution in [0.15, 0.2) is 24.7 Å². The van der Waals surface area contributed by atoms with Gasteiger partial charge in [0.2, 0.25) is 0 Å². The van der Waals surface area contributed by atoms with E-state index in [0.29, 0.717) is 11.3 Å². The van der Waals surface area contributed by atoms with Crippen LogP contribution in [0.4, 0.5) is 8.78 Å². The third-order valence-electron chi connectivity index (χ3n) is 2.80. The van der Waals surface area contributed by atoms with Gasteiger partial charge in [0.15, 0.2) is 0 Å². The number of nitrogens with one attached hydrogen (secondary N) is 1. The Balaban J connectivity index is 2.55. The number of aromatic nitrogens is 2. The van der Waals surface area contributed by atoms with Crippen LogP contribution < -0.4 is 11.3 Å². The highest BCUT2D eigenvalue weighted by atomic mass is 19.1. The average Bonchev–Trinajstić information content (AvgIpc) is 2.76. The molecule has 1 unspecified atom stereocenters. The molecule has 0 amide bonds. The van der Waals surface area contributed by atoms with Gasteiger partial charge in [-0.05, 0) is 18.6 Å². The monoisotopic (exact) mass is 252 g/mol. The molecule has 3 N–H and O–H groups in total. The van der Waals surface area contributed by atoms with E-state index in [1.54, 1.807) is 31.1 Å². The van der Waals surface area contributed by atoms with Gasteiger partial charge in [0, 0.05) is 18.8 Å². The predicted molar refractivity (Wildman–Crippen MR) is 63.5 cm³/mol. The minimum Gasteiger partial charge on any atom is -0.340 e. The maximum absolute atomic E-state index is 14.0. The van der Waals surface area contributed by atoms with E-state index in [4.69, 9.17) is 5.84 Å². The molecular weight excluding hydrogens is 238 g/mol. The van der Waals surface area contributed by atoms with Crippen LogP contribution in [-0.4, -0.2) is 9.55 Å². The molecular formula is C12H14F2N4. The first kappa shape index (κ1) is 12.7. The van der Waals surface area contributed by atoms with Gasteiger partial charge in [0.05, 0.1) is 18.1 Å². The quantitative estimate of drug-likeness (QED) is 0.644. The zero-order valence-corrected chi connectivity index (χ0v) is 10.1. The first-order valence-electron chi connectivity index (χ1n) is 5.43. The fourth-order valence-electron chi connectivity index (χ4n) is 1.84. The van der Waals surface area contributed by atoms with Gasteiger partial charge in [-0.1, -0.05) is 6.07 Å². The van der Waals surface area contributed by atoms with Crippen molar-refractivity contribution in [2.75, 3.05) is 0 Å². The molecule has 0 bridgehead atoms. The molecule has 0 aliphatic rings. The molecule has 1 atom stereocenters. The van der Waals surface area contributed by atoms with Crippen LogP contribution in [0, 0.1) is 18.6 Å². The summed E-state index contributed by atoms with van der Waals surface area (Å²) in [5.74, 6) is 4.15. The van der Waals surface area contributed by atoms with Crippen molar-refractivity contribution in [3.05, 3.63) is 53.1 Å². The summed E-state index contributed by atoms with van der Waals surface area (Å²) in [5, 5.41) is 0. The van der Waals surface area contributed by atoms with E-state index >= 15 is 0 Å². The lowest BCUT2D eigenvalue weighted by molar-refractivity contribution is 0.502. The first-order chi connectivity index (χ1) is 8.54. The van der Waals surface area contributed by atoms with Gasteiger partial charge >= 0.3 is 0 Å². The van der Waals surface area contributed by atoms with E-state index in [-0.39, 0.29) is 5.56 Å². The Bertz CT molecular complexity index is 565. The summed E-state index contributed by atoms with van der Waals surface area (Å²) in [4.78, 5) is 4.06. The van der Waals surface area contributed by atoms with Gasteiger partial charge in [-0.25, -0.2) is 19.2 Å². The van der Waals surface area contributed by atoms with Gasteiger partial charge in [0.25, 0.3) is 0 Å². The molecule has 1 aromatic heterocycles. The lowest BCUT2D eigenvalue weighted by Crippen LogP contribution is -2.30. The second-order valence-electron chi connectivity index (χ2n) is 4.16. The molecule has 1 aromatic carbocycles. The lowest BCUT2D eigenvalue weighted by atomic mass is 10.0. The fourth-order valence-corrected chi connectivity index (χ4v) is 1.84. The zero-order chi connectivity index (χ0) is 13.3. The minimum absolute atomic E-state index is 0.115. The van der Waals surface area contributed by atoms with Crippen LogP contribution in [0.25, 0.3) is 0 Å². The summed E-state index contributed by atoms with van der Waals surface area (Å²) in [6, 6.07) is 1.80. The molecule has 0 aliphatic heterocycles. The Morgan fingerprint density at radius 3 is 2.67 bits per heavy atom. The molecule has 0 saturated carbocycles. The second kappa shape index (κ2) is 4.83. The Kier molecular flexibility index (Phi) is 3.40. The van der Waals surface area contributed by atoms with E-state index in [9.17, 15) is 8.78 Å². The van der Waals surface area contributed by atoms with Gasteiger partial charge < -0.3 is 4.57 Å². The SMILES string of the molecule is Cc1ccc(F)c(C(NN)c2cn(C)cn2)c1F. The predicted octanol–water partition coefficient (Wildman–Crippen LogP) is 1.56. The summed E-state index contributed by atoms with van der Waals surface area (Å²) >= 11 is 0. The van der Waals surface area contributed by atoms with Crippen molar-refractivity contribution in [2.24, 2.45) is 12.9 Å². The standard InChI is InChI=1S/C12H14F2N4/c1-7-3-4-8(13)10(11(7)14)12(17-15)9-5-18(2)6-16-9/h3-6,12,17H,15H2,1-2H3. The molecule has 2 rings (SSSR count). The number of hydrogen-bond donors (Lipinski definition) is 2. The molecule has 18 heavy (non-hydrogen) atoms. The number of nitrogens with zero attached hydrogens (tertiary/aromatic N) is 2. The average molecular weight is 252 g/mol. The minimum atomic E-state index is -0.814. The molecule has 0 saturated heterocycles. The van der Waals surface area contributed by atoms with E-state index in [1.807, 2.05) is 0 Å². The summed E-state index contributed by atoms with van der Waals surface area (Å²) < 4.78 is 29.5. The van der Waals surface area contributed by atoms with Gasteiger partial charge in [-0.2, -0.15) is 0 Å². The van der Waals surface area contributed by atoms with E-state index in [2.05, 4.69) is 10.4 Å². The van der Waals surface area contributed by atoms with Crippen LogP contribution in [0.1, 0.15) is 22.9 Å². The van der Waals surface area contributed by atoms with Crippen LogP contribution in [0.3, 0.4) is 0 Å². The number of benzene rings is 1. The lowest BCUT2D eigenvalue weighted by Gasteiger charge is -2.16. The summed E-state index contributed by atoms with van der Waals surface area (Å²) in [6.45, 7) is 1.57. The normalized spacial score (nSPS) is 12.7. The Morgan fingerprint density at radius 2 is 2.11 bits per heavy atom. The van der Waals surface area contributed by atoms with Gasteiger partial charge in [-0.15, -0.1) is 0 Å². The van der Waals surface area contributed by atoms with E-state index < -0.39 is 17.7 Å². The van der Waals surface area contributed by atoms with Crippen molar-refractivity contribution in [3.8, 4) is 0 Å². The molecule has 4 nitrogen and oxygen atoms in total. The molecule has 0 aliphatic carbocycles. The summed E-state index contributed by atoms with van der Waals surface area (Å²) in [6.07, 6.45) is 3.21.